The molecule has 112 valence electrons. The van der Waals surface area contributed by atoms with Crippen LogP contribution in [-0.4, -0.2) is 35.4 Å². The minimum absolute atomic E-state index is 0.103. The van der Waals surface area contributed by atoms with E-state index in [1.165, 1.54) is 6.07 Å². The number of carbonyl (C=O) groups is 1. The molecule has 0 radical (unpaired) electrons. The van der Waals surface area contributed by atoms with Gasteiger partial charge < -0.3 is 5.11 Å². The Balaban J connectivity index is 2.14. The summed E-state index contributed by atoms with van der Waals surface area (Å²) in [6, 6.07) is 6.58. The fourth-order valence-electron chi connectivity index (χ4n) is 1.46. The molecule has 7 nitrogen and oxygen atoms in total. The summed E-state index contributed by atoms with van der Waals surface area (Å²) in [5.41, 5.74) is 0.620. The minimum atomic E-state index is -3.73. The first kappa shape index (κ1) is 15.7. The van der Waals surface area contributed by atoms with Crippen molar-refractivity contribution in [1.82, 2.24) is 10.2 Å². The Hall–Kier alpha value is -1.65. The third kappa shape index (κ3) is 4.16. The lowest BCUT2D eigenvalue weighted by Gasteiger charge is -2.06. The van der Waals surface area contributed by atoms with Gasteiger partial charge in [0.25, 0.3) is 10.0 Å². The SMILES string of the molecule is Cc1ccccc1S(=O)(=O)Nc1nnc(SCC(=O)O)s1. The Kier molecular flexibility index (Phi) is 4.80. The van der Waals surface area contributed by atoms with Crippen LogP contribution in [0.25, 0.3) is 0 Å². The zero-order chi connectivity index (χ0) is 15.5. The number of nitrogens with zero attached hydrogens (tertiary/aromatic N) is 2. The number of hydrogen-bond donors (Lipinski definition) is 2. The summed E-state index contributed by atoms with van der Waals surface area (Å²) in [6.45, 7) is 1.70. The second-order valence-corrected chi connectivity index (χ2v) is 7.78. The Morgan fingerprint density at radius 1 is 1.38 bits per heavy atom. The number of sulfonamides is 1. The van der Waals surface area contributed by atoms with Gasteiger partial charge in [-0.1, -0.05) is 41.3 Å². The number of hydrogen-bond acceptors (Lipinski definition) is 7. The Labute approximate surface area is 129 Å². The molecule has 0 fully saturated rings. The Morgan fingerprint density at radius 3 is 2.76 bits per heavy atom. The molecule has 1 aromatic heterocycles. The molecule has 0 saturated carbocycles. The molecule has 2 aromatic rings. The lowest BCUT2D eigenvalue weighted by Crippen LogP contribution is -2.13. The molecule has 0 aliphatic carbocycles. The first-order valence-corrected chi connectivity index (χ1v) is 8.93. The van der Waals surface area contributed by atoms with Crippen LogP contribution >= 0.6 is 23.1 Å². The number of nitrogens with one attached hydrogen (secondary N) is 1. The maximum absolute atomic E-state index is 12.2. The van der Waals surface area contributed by atoms with Crippen molar-refractivity contribution in [2.24, 2.45) is 0 Å². The molecule has 0 aliphatic rings. The summed E-state index contributed by atoms with van der Waals surface area (Å²) in [4.78, 5) is 10.6. The van der Waals surface area contributed by atoms with Crippen LogP contribution in [-0.2, 0) is 14.8 Å². The number of aryl methyl sites for hydroxylation is 1. The first-order valence-electron chi connectivity index (χ1n) is 5.65. The zero-order valence-corrected chi connectivity index (χ0v) is 13.3. The average Bonchev–Trinajstić information content (AvgIpc) is 2.83. The van der Waals surface area contributed by atoms with Crippen molar-refractivity contribution in [3.8, 4) is 0 Å². The van der Waals surface area contributed by atoms with Crippen molar-refractivity contribution in [2.75, 3.05) is 10.5 Å². The van der Waals surface area contributed by atoms with Gasteiger partial charge in [0.1, 0.15) is 0 Å². The molecular formula is C11H11N3O4S3. The van der Waals surface area contributed by atoms with Gasteiger partial charge in [-0.05, 0) is 18.6 Å². The summed E-state index contributed by atoms with van der Waals surface area (Å²) in [5, 5.41) is 16.1. The van der Waals surface area contributed by atoms with Crippen LogP contribution in [0.5, 0.6) is 0 Å². The van der Waals surface area contributed by atoms with Gasteiger partial charge in [-0.2, -0.15) is 0 Å². The van der Waals surface area contributed by atoms with E-state index in [9.17, 15) is 13.2 Å². The van der Waals surface area contributed by atoms with E-state index < -0.39 is 16.0 Å². The fourth-order valence-corrected chi connectivity index (χ4v) is 4.41. The third-order valence-electron chi connectivity index (χ3n) is 2.33. The number of aromatic nitrogens is 2. The molecule has 1 heterocycles. The number of aliphatic carboxylic acids is 1. The highest BCUT2D eigenvalue weighted by atomic mass is 32.2. The quantitative estimate of drug-likeness (QED) is 0.769. The zero-order valence-electron chi connectivity index (χ0n) is 10.8. The van der Waals surface area contributed by atoms with E-state index in [-0.39, 0.29) is 15.8 Å². The summed E-state index contributed by atoms with van der Waals surface area (Å²) >= 11 is 1.97. The van der Waals surface area contributed by atoms with Crippen molar-refractivity contribution in [3.63, 3.8) is 0 Å². The minimum Gasteiger partial charge on any atom is -0.481 e. The molecule has 0 amide bonds. The topological polar surface area (TPSA) is 109 Å². The van der Waals surface area contributed by atoms with E-state index in [1.54, 1.807) is 25.1 Å². The fraction of sp³-hybridized carbons (Fsp3) is 0.182. The second kappa shape index (κ2) is 6.41. The van der Waals surface area contributed by atoms with E-state index in [4.69, 9.17) is 5.11 Å². The van der Waals surface area contributed by atoms with Gasteiger partial charge in [0.15, 0.2) is 4.34 Å². The second-order valence-electron chi connectivity index (χ2n) is 3.93. The van der Waals surface area contributed by atoms with Gasteiger partial charge in [0.05, 0.1) is 10.6 Å². The van der Waals surface area contributed by atoms with E-state index in [0.717, 1.165) is 23.1 Å². The van der Waals surface area contributed by atoms with Crippen molar-refractivity contribution >= 4 is 44.2 Å². The van der Waals surface area contributed by atoms with Crippen LogP contribution in [0.1, 0.15) is 5.56 Å². The highest BCUT2D eigenvalue weighted by molar-refractivity contribution is 8.01. The van der Waals surface area contributed by atoms with Crippen LogP contribution in [0, 0.1) is 6.92 Å². The van der Waals surface area contributed by atoms with E-state index in [0.29, 0.717) is 9.90 Å². The maximum Gasteiger partial charge on any atom is 0.313 e. The maximum atomic E-state index is 12.2. The third-order valence-corrected chi connectivity index (χ3v) is 5.92. The Morgan fingerprint density at radius 2 is 2.10 bits per heavy atom. The summed E-state index contributed by atoms with van der Waals surface area (Å²) < 4.78 is 27.2. The van der Waals surface area contributed by atoms with Gasteiger partial charge in [-0.3, -0.25) is 9.52 Å². The highest BCUT2D eigenvalue weighted by Gasteiger charge is 2.18. The molecule has 0 spiro atoms. The van der Waals surface area contributed by atoms with Crippen LogP contribution in [0.4, 0.5) is 5.13 Å². The number of benzene rings is 1. The van der Waals surface area contributed by atoms with Crippen molar-refractivity contribution in [3.05, 3.63) is 29.8 Å². The number of thioether (sulfide) groups is 1. The number of anilines is 1. The molecule has 10 heteroatoms. The molecular weight excluding hydrogens is 334 g/mol. The lowest BCUT2D eigenvalue weighted by atomic mass is 10.2. The van der Waals surface area contributed by atoms with Gasteiger partial charge in [0.2, 0.25) is 5.13 Å². The Bertz CT molecular complexity index is 758. The number of carboxylic acid groups (broad SMARTS) is 1. The average molecular weight is 345 g/mol. The molecule has 1 aromatic carbocycles. The molecule has 0 unspecified atom stereocenters. The van der Waals surface area contributed by atoms with Gasteiger partial charge >= 0.3 is 5.97 Å². The molecule has 0 aliphatic heterocycles. The molecule has 0 bridgehead atoms. The van der Waals surface area contributed by atoms with E-state index in [2.05, 4.69) is 14.9 Å². The molecule has 0 saturated heterocycles. The largest absolute Gasteiger partial charge is 0.481 e. The van der Waals surface area contributed by atoms with Crippen LogP contribution < -0.4 is 4.72 Å². The summed E-state index contributed by atoms with van der Waals surface area (Å²) in [7, 11) is -3.73. The predicted molar refractivity (Wildman–Crippen MR) is 80.3 cm³/mol. The monoisotopic (exact) mass is 345 g/mol. The molecule has 21 heavy (non-hydrogen) atoms. The summed E-state index contributed by atoms with van der Waals surface area (Å²) in [6.07, 6.45) is 0. The standard InChI is InChI=1S/C11H11N3O4S3/c1-7-4-2-3-5-8(7)21(17,18)14-10-12-13-11(20-10)19-6-9(15)16/h2-5H,6H2,1H3,(H,12,14)(H,15,16). The molecule has 2 N–H and O–H groups in total. The highest BCUT2D eigenvalue weighted by Crippen LogP contribution is 2.27. The van der Waals surface area contributed by atoms with Crippen molar-refractivity contribution in [1.29, 1.82) is 0 Å². The van der Waals surface area contributed by atoms with Gasteiger partial charge in [-0.25, -0.2) is 8.42 Å². The van der Waals surface area contributed by atoms with Crippen molar-refractivity contribution < 1.29 is 18.3 Å². The van der Waals surface area contributed by atoms with Crippen LogP contribution in [0.2, 0.25) is 0 Å². The van der Waals surface area contributed by atoms with E-state index >= 15 is 0 Å². The molecule has 0 atom stereocenters. The molecule has 2 rings (SSSR count). The first-order chi connectivity index (χ1) is 9.88. The number of rotatable bonds is 6. The van der Waals surface area contributed by atoms with Crippen molar-refractivity contribution in [2.45, 2.75) is 16.2 Å². The predicted octanol–water partition coefficient (Wildman–Crippen LogP) is 1.82. The van der Waals surface area contributed by atoms with Crippen LogP contribution in [0.3, 0.4) is 0 Å². The smallest absolute Gasteiger partial charge is 0.313 e. The summed E-state index contributed by atoms with van der Waals surface area (Å²) in [5.74, 6) is -1.13. The van der Waals surface area contributed by atoms with Gasteiger partial charge in [0, 0.05) is 0 Å². The normalized spacial score (nSPS) is 11.3. The number of carboxylic acids is 1. The van der Waals surface area contributed by atoms with Gasteiger partial charge in [-0.15, -0.1) is 10.2 Å². The van der Waals surface area contributed by atoms with Crippen LogP contribution in [0.15, 0.2) is 33.5 Å². The lowest BCUT2D eigenvalue weighted by molar-refractivity contribution is -0.133. The van der Waals surface area contributed by atoms with E-state index in [1.807, 2.05) is 0 Å².